The number of carbonyl (C=O) groups is 1. The molecule has 82 valence electrons. The Morgan fingerprint density at radius 2 is 2.21 bits per heavy atom. The molecule has 1 saturated heterocycles. The topological polar surface area (TPSA) is 42.8 Å². The molecule has 0 aromatic heterocycles. The molecule has 1 heterocycles. The molecular formula is C9H18IN2O2+. The van der Waals surface area contributed by atoms with Crippen LogP contribution in [0.15, 0.2) is 0 Å². The molecule has 4 nitrogen and oxygen atoms in total. The largest absolute Gasteiger partial charge is 0.459 e. The van der Waals surface area contributed by atoms with Gasteiger partial charge in [0.25, 0.3) is 0 Å². The summed E-state index contributed by atoms with van der Waals surface area (Å²) in [5, 5.41) is 3.30. The quantitative estimate of drug-likeness (QED) is 0.391. The Balaban J connectivity index is 2.05. The SMILES string of the molecule is CC(I)C(=O)OCC[NH+]1CCNCC1. The molecular weight excluding hydrogens is 295 g/mol. The summed E-state index contributed by atoms with van der Waals surface area (Å²) < 4.78 is 5.08. The van der Waals surface area contributed by atoms with Crippen LogP contribution in [-0.4, -0.2) is 49.2 Å². The van der Waals surface area contributed by atoms with Gasteiger partial charge < -0.3 is 15.0 Å². The molecule has 0 bridgehead atoms. The van der Waals surface area contributed by atoms with Gasteiger partial charge >= 0.3 is 5.97 Å². The number of alkyl halides is 1. The molecule has 0 spiro atoms. The summed E-state index contributed by atoms with van der Waals surface area (Å²) in [6.07, 6.45) is 0. The van der Waals surface area contributed by atoms with Crippen molar-refractivity contribution in [3.05, 3.63) is 0 Å². The van der Waals surface area contributed by atoms with Crippen LogP contribution < -0.4 is 10.2 Å². The molecule has 0 aromatic carbocycles. The fraction of sp³-hybridized carbons (Fsp3) is 0.889. The van der Waals surface area contributed by atoms with Crippen LogP contribution in [0.2, 0.25) is 0 Å². The first-order valence-electron chi connectivity index (χ1n) is 5.05. The standard InChI is InChI=1S/C9H17IN2O2/c1-8(10)9(13)14-7-6-12-4-2-11-3-5-12/h8,11H,2-7H2,1H3/p+1. The van der Waals surface area contributed by atoms with E-state index in [2.05, 4.69) is 27.9 Å². The summed E-state index contributed by atoms with van der Waals surface area (Å²) in [6, 6.07) is 0. The number of rotatable bonds is 4. The molecule has 1 rings (SSSR count). The van der Waals surface area contributed by atoms with Gasteiger partial charge in [-0.3, -0.25) is 4.79 Å². The molecule has 1 aliphatic heterocycles. The molecule has 1 fully saturated rings. The third-order valence-electron chi connectivity index (χ3n) is 2.34. The number of esters is 1. The summed E-state index contributed by atoms with van der Waals surface area (Å²) in [7, 11) is 0. The Morgan fingerprint density at radius 1 is 1.57 bits per heavy atom. The second kappa shape index (κ2) is 6.58. The van der Waals surface area contributed by atoms with Crippen molar-refractivity contribution in [2.24, 2.45) is 0 Å². The van der Waals surface area contributed by atoms with Gasteiger partial charge in [0.15, 0.2) is 0 Å². The Kier molecular flexibility index (Phi) is 5.73. The van der Waals surface area contributed by atoms with Crippen LogP contribution in [0, 0.1) is 0 Å². The number of nitrogens with one attached hydrogen (secondary N) is 2. The molecule has 1 aliphatic rings. The third-order valence-corrected chi connectivity index (χ3v) is 2.84. The van der Waals surface area contributed by atoms with Crippen molar-refractivity contribution in [3.8, 4) is 0 Å². The van der Waals surface area contributed by atoms with E-state index < -0.39 is 0 Å². The molecule has 0 amide bonds. The predicted molar refractivity (Wildman–Crippen MR) is 62.9 cm³/mol. The van der Waals surface area contributed by atoms with Gasteiger partial charge in [-0.2, -0.15) is 0 Å². The zero-order valence-corrected chi connectivity index (χ0v) is 10.7. The minimum Gasteiger partial charge on any atom is -0.459 e. The average Bonchev–Trinajstić information content (AvgIpc) is 2.19. The third kappa shape index (κ3) is 4.56. The van der Waals surface area contributed by atoms with E-state index in [-0.39, 0.29) is 9.89 Å². The lowest BCUT2D eigenvalue weighted by Gasteiger charge is -2.24. The van der Waals surface area contributed by atoms with E-state index in [9.17, 15) is 4.79 Å². The van der Waals surface area contributed by atoms with Gasteiger partial charge in [0, 0.05) is 13.1 Å². The lowest BCUT2D eigenvalue weighted by Crippen LogP contribution is -3.15. The van der Waals surface area contributed by atoms with E-state index in [4.69, 9.17) is 4.74 Å². The van der Waals surface area contributed by atoms with E-state index in [1.165, 1.54) is 4.90 Å². The van der Waals surface area contributed by atoms with E-state index in [1.54, 1.807) is 0 Å². The van der Waals surface area contributed by atoms with Gasteiger partial charge in [0.05, 0.1) is 13.1 Å². The molecule has 0 radical (unpaired) electrons. The summed E-state index contributed by atoms with van der Waals surface area (Å²) >= 11 is 2.07. The van der Waals surface area contributed by atoms with Crippen LogP contribution in [0.25, 0.3) is 0 Å². The first-order valence-corrected chi connectivity index (χ1v) is 6.29. The van der Waals surface area contributed by atoms with Crippen LogP contribution >= 0.6 is 22.6 Å². The van der Waals surface area contributed by atoms with Crippen LogP contribution in [-0.2, 0) is 9.53 Å². The maximum atomic E-state index is 11.1. The molecule has 2 N–H and O–H groups in total. The number of halogens is 1. The normalized spacial score (nSPS) is 20.4. The monoisotopic (exact) mass is 313 g/mol. The molecule has 0 aliphatic carbocycles. The van der Waals surface area contributed by atoms with Crippen molar-refractivity contribution in [1.82, 2.24) is 5.32 Å². The van der Waals surface area contributed by atoms with Gasteiger partial charge in [0.2, 0.25) is 0 Å². The number of ether oxygens (including phenoxy) is 1. The Hall–Kier alpha value is 0.120. The van der Waals surface area contributed by atoms with Gasteiger partial charge in [0.1, 0.15) is 17.1 Å². The summed E-state index contributed by atoms with van der Waals surface area (Å²) in [6.45, 7) is 7.77. The summed E-state index contributed by atoms with van der Waals surface area (Å²) in [4.78, 5) is 12.7. The fourth-order valence-electron chi connectivity index (χ4n) is 1.44. The number of hydrogen-bond donors (Lipinski definition) is 2. The maximum Gasteiger partial charge on any atom is 0.318 e. The first-order chi connectivity index (χ1) is 6.70. The van der Waals surface area contributed by atoms with Crippen LogP contribution in [0.4, 0.5) is 0 Å². The van der Waals surface area contributed by atoms with Gasteiger partial charge in [-0.05, 0) is 6.92 Å². The number of carbonyl (C=O) groups excluding carboxylic acids is 1. The predicted octanol–water partition coefficient (Wildman–Crippen LogP) is -1.16. The smallest absolute Gasteiger partial charge is 0.318 e. The van der Waals surface area contributed by atoms with Crippen LogP contribution in [0.3, 0.4) is 0 Å². The summed E-state index contributed by atoms with van der Waals surface area (Å²) in [5.41, 5.74) is 0. The highest BCUT2D eigenvalue weighted by Gasteiger charge is 2.14. The van der Waals surface area contributed by atoms with Crippen LogP contribution in [0.1, 0.15) is 6.92 Å². The maximum absolute atomic E-state index is 11.1. The number of quaternary nitrogens is 1. The summed E-state index contributed by atoms with van der Waals surface area (Å²) in [5.74, 6) is -0.0971. The van der Waals surface area contributed by atoms with Crippen molar-refractivity contribution in [3.63, 3.8) is 0 Å². The highest BCUT2D eigenvalue weighted by Crippen LogP contribution is 1.99. The fourth-order valence-corrected chi connectivity index (χ4v) is 1.62. The van der Waals surface area contributed by atoms with E-state index in [1.807, 2.05) is 6.92 Å². The van der Waals surface area contributed by atoms with Crippen molar-refractivity contribution >= 4 is 28.6 Å². The second-order valence-corrected chi connectivity index (χ2v) is 5.40. The minimum atomic E-state index is -0.0971. The molecule has 14 heavy (non-hydrogen) atoms. The Morgan fingerprint density at radius 3 is 2.79 bits per heavy atom. The Bertz CT molecular complexity index is 182. The Labute approximate surface area is 98.5 Å². The molecule has 0 aromatic rings. The van der Waals surface area contributed by atoms with E-state index in [0.29, 0.717) is 6.61 Å². The lowest BCUT2D eigenvalue weighted by atomic mass is 10.3. The molecule has 1 atom stereocenters. The van der Waals surface area contributed by atoms with Gasteiger partial charge in [-0.15, -0.1) is 0 Å². The lowest BCUT2D eigenvalue weighted by molar-refractivity contribution is -0.902. The zero-order valence-electron chi connectivity index (χ0n) is 8.51. The van der Waals surface area contributed by atoms with Crippen molar-refractivity contribution < 1.29 is 14.4 Å². The van der Waals surface area contributed by atoms with Crippen molar-refractivity contribution in [2.75, 3.05) is 39.3 Å². The number of hydrogen-bond acceptors (Lipinski definition) is 3. The van der Waals surface area contributed by atoms with Crippen molar-refractivity contribution in [1.29, 1.82) is 0 Å². The highest BCUT2D eigenvalue weighted by atomic mass is 127. The zero-order chi connectivity index (χ0) is 10.4. The van der Waals surface area contributed by atoms with E-state index in [0.717, 1.165) is 32.7 Å². The van der Waals surface area contributed by atoms with Gasteiger partial charge in [-0.25, -0.2) is 0 Å². The van der Waals surface area contributed by atoms with Gasteiger partial charge in [-0.1, -0.05) is 22.6 Å². The molecule has 0 saturated carbocycles. The molecule has 1 unspecified atom stereocenters. The highest BCUT2D eigenvalue weighted by molar-refractivity contribution is 14.1. The molecule has 5 heteroatoms. The number of piperazine rings is 1. The second-order valence-electron chi connectivity index (χ2n) is 3.53. The van der Waals surface area contributed by atoms with E-state index >= 15 is 0 Å². The first kappa shape index (κ1) is 12.2. The van der Waals surface area contributed by atoms with Crippen molar-refractivity contribution in [2.45, 2.75) is 10.8 Å². The van der Waals surface area contributed by atoms with Crippen LogP contribution in [0.5, 0.6) is 0 Å². The minimum absolute atomic E-state index is 0.0365. The average molecular weight is 313 g/mol.